The lowest BCUT2D eigenvalue weighted by molar-refractivity contribution is 0.158. The molecule has 0 aliphatic heterocycles. The molecule has 2 N–H and O–H groups in total. The van der Waals surface area contributed by atoms with Gasteiger partial charge in [-0.05, 0) is 42.9 Å². The van der Waals surface area contributed by atoms with E-state index in [0.29, 0.717) is 11.5 Å². The molecule has 0 bridgehead atoms. The van der Waals surface area contributed by atoms with Crippen molar-refractivity contribution in [3.05, 3.63) is 0 Å². The highest BCUT2D eigenvalue weighted by Crippen LogP contribution is 2.43. The molecule has 1 saturated carbocycles. The summed E-state index contributed by atoms with van der Waals surface area (Å²) in [6.07, 6.45) is 6.48. The molecule has 0 heterocycles. The third-order valence-electron chi connectivity index (χ3n) is 4.45. The van der Waals surface area contributed by atoms with Crippen LogP contribution in [0.25, 0.3) is 0 Å². The molecule has 1 fully saturated rings. The van der Waals surface area contributed by atoms with Crippen molar-refractivity contribution in [1.82, 2.24) is 0 Å². The van der Waals surface area contributed by atoms with E-state index in [2.05, 4.69) is 27.7 Å². The monoisotopic (exact) mass is 197 g/mol. The van der Waals surface area contributed by atoms with Gasteiger partial charge in [0, 0.05) is 6.04 Å². The molecular weight excluding hydrogens is 170 g/mol. The van der Waals surface area contributed by atoms with Gasteiger partial charge in [-0.2, -0.15) is 0 Å². The molecule has 0 unspecified atom stereocenters. The summed E-state index contributed by atoms with van der Waals surface area (Å²) in [5, 5.41) is 0. The summed E-state index contributed by atoms with van der Waals surface area (Å²) >= 11 is 0. The van der Waals surface area contributed by atoms with E-state index in [4.69, 9.17) is 5.73 Å². The zero-order valence-corrected chi connectivity index (χ0v) is 10.3. The predicted octanol–water partition coefficient (Wildman–Crippen LogP) is 3.58. The van der Waals surface area contributed by atoms with Gasteiger partial charge in [0.25, 0.3) is 0 Å². The maximum atomic E-state index is 6.12. The van der Waals surface area contributed by atoms with Crippen LogP contribution in [0.5, 0.6) is 0 Å². The summed E-state index contributed by atoms with van der Waals surface area (Å²) in [5.74, 6) is 1.65. The fraction of sp³-hybridized carbons (Fsp3) is 1.00. The lowest BCUT2D eigenvalue weighted by atomic mass is 9.71. The molecule has 0 radical (unpaired) electrons. The Balaban J connectivity index is 2.70. The van der Waals surface area contributed by atoms with E-state index in [1.54, 1.807) is 0 Å². The molecule has 0 aromatic rings. The Bertz CT molecular complexity index is 176. The van der Waals surface area contributed by atoms with Crippen LogP contribution in [0.3, 0.4) is 0 Å². The maximum absolute atomic E-state index is 6.12. The summed E-state index contributed by atoms with van der Waals surface area (Å²) in [7, 11) is 0. The second-order valence-electron chi connectivity index (χ2n) is 5.82. The van der Waals surface area contributed by atoms with Crippen LogP contribution >= 0.6 is 0 Å². The minimum Gasteiger partial charge on any atom is -0.328 e. The van der Waals surface area contributed by atoms with Crippen molar-refractivity contribution in [2.75, 3.05) is 0 Å². The predicted molar refractivity (Wildman–Crippen MR) is 63.2 cm³/mol. The second-order valence-corrected chi connectivity index (χ2v) is 5.82. The first-order chi connectivity index (χ1) is 6.48. The quantitative estimate of drug-likeness (QED) is 0.673. The van der Waals surface area contributed by atoms with Crippen molar-refractivity contribution in [3.8, 4) is 0 Å². The van der Waals surface area contributed by atoms with E-state index in [1.807, 2.05) is 0 Å². The van der Waals surface area contributed by atoms with Gasteiger partial charge in [0.2, 0.25) is 0 Å². The SMILES string of the molecule is CC[C@@H]1C[C@@H](N)CC[C@](C)(C(C)C)C1. The zero-order valence-electron chi connectivity index (χ0n) is 10.3. The van der Waals surface area contributed by atoms with Crippen molar-refractivity contribution in [3.63, 3.8) is 0 Å². The first-order valence-electron chi connectivity index (χ1n) is 6.23. The second kappa shape index (κ2) is 4.65. The molecule has 0 aromatic carbocycles. The highest BCUT2D eigenvalue weighted by atomic mass is 14.6. The molecule has 0 aromatic heterocycles. The van der Waals surface area contributed by atoms with Crippen LogP contribution in [0.15, 0.2) is 0 Å². The van der Waals surface area contributed by atoms with E-state index in [-0.39, 0.29) is 0 Å². The molecule has 0 saturated heterocycles. The van der Waals surface area contributed by atoms with Crippen LogP contribution in [0.2, 0.25) is 0 Å². The lowest BCUT2D eigenvalue weighted by Gasteiger charge is -2.35. The van der Waals surface area contributed by atoms with Gasteiger partial charge in [-0.15, -0.1) is 0 Å². The van der Waals surface area contributed by atoms with E-state index >= 15 is 0 Å². The smallest absolute Gasteiger partial charge is 0.00416 e. The molecule has 1 aliphatic rings. The Morgan fingerprint density at radius 1 is 1.43 bits per heavy atom. The Hall–Kier alpha value is -0.0400. The normalized spacial score (nSPS) is 39.9. The van der Waals surface area contributed by atoms with E-state index in [9.17, 15) is 0 Å². The van der Waals surface area contributed by atoms with Gasteiger partial charge in [0.05, 0.1) is 0 Å². The van der Waals surface area contributed by atoms with Crippen molar-refractivity contribution in [2.45, 2.75) is 65.8 Å². The topological polar surface area (TPSA) is 26.0 Å². The van der Waals surface area contributed by atoms with Crippen LogP contribution in [0, 0.1) is 17.3 Å². The molecule has 0 amide bonds. The summed E-state index contributed by atoms with van der Waals surface area (Å²) in [6.45, 7) is 9.49. The van der Waals surface area contributed by atoms with E-state index < -0.39 is 0 Å². The third kappa shape index (κ3) is 2.73. The summed E-state index contributed by atoms with van der Waals surface area (Å²) < 4.78 is 0. The van der Waals surface area contributed by atoms with E-state index in [1.165, 1.54) is 32.1 Å². The Kier molecular flexibility index (Phi) is 4.00. The lowest BCUT2D eigenvalue weighted by Crippen LogP contribution is -2.25. The van der Waals surface area contributed by atoms with Crippen LogP contribution < -0.4 is 5.73 Å². The van der Waals surface area contributed by atoms with Crippen molar-refractivity contribution in [2.24, 2.45) is 23.0 Å². The highest BCUT2D eigenvalue weighted by Gasteiger charge is 2.34. The van der Waals surface area contributed by atoms with Gasteiger partial charge >= 0.3 is 0 Å². The van der Waals surface area contributed by atoms with Crippen LogP contribution in [0.4, 0.5) is 0 Å². The molecule has 84 valence electrons. The minimum absolute atomic E-state index is 0.459. The molecule has 1 nitrogen and oxygen atoms in total. The molecule has 0 spiro atoms. The number of nitrogens with two attached hydrogens (primary N) is 1. The van der Waals surface area contributed by atoms with Crippen molar-refractivity contribution >= 4 is 0 Å². The van der Waals surface area contributed by atoms with Crippen LogP contribution in [-0.2, 0) is 0 Å². The van der Waals surface area contributed by atoms with Gasteiger partial charge < -0.3 is 5.73 Å². The summed E-state index contributed by atoms with van der Waals surface area (Å²) in [5.41, 5.74) is 6.66. The van der Waals surface area contributed by atoms with Gasteiger partial charge in [-0.1, -0.05) is 34.1 Å². The average molecular weight is 197 g/mol. The Morgan fingerprint density at radius 3 is 2.57 bits per heavy atom. The largest absolute Gasteiger partial charge is 0.328 e. The van der Waals surface area contributed by atoms with Gasteiger partial charge in [-0.3, -0.25) is 0 Å². The number of hydrogen-bond acceptors (Lipinski definition) is 1. The molecule has 1 heteroatoms. The van der Waals surface area contributed by atoms with Gasteiger partial charge in [0.15, 0.2) is 0 Å². The number of rotatable bonds is 2. The maximum Gasteiger partial charge on any atom is 0.00416 e. The highest BCUT2D eigenvalue weighted by molar-refractivity contribution is 4.86. The minimum atomic E-state index is 0.459. The first-order valence-corrected chi connectivity index (χ1v) is 6.23. The molecule has 3 atom stereocenters. The van der Waals surface area contributed by atoms with Crippen molar-refractivity contribution in [1.29, 1.82) is 0 Å². The molecular formula is C13H27N. The molecule has 1 aliphatic carbocycles. The first kappa shape index (κ1) is 12.0. The standard InChI is InChI=1S/C13H27N/c1-5-11-8-12(14)6-7-13(4,9-11)10(2)3/h10-12H,5-9,14H2,1-4H3/t11-,12+,13+/m1/s1. The fourth-order valence-corrected chi connectivity index (χ4v) is 2.74. The van der Waals surface area contributed by atoms with Crippen molar-refractivity contribution < 1.29 is 0 Å². The number of hydrogen-bond donors (Lipinski definition) is 1. The Labute approximate surface area is 89.5 Å². The van der Waals surface area contributed by atoms with Gasteiger partial charge in [0.1, 0.15) is 0 Å². The van der Waals surface area contributed by atoms with Crippen LogP contribution in [-0.4, -0.2) is 6.04 Å². The Morgan fingerprint density at radius 2 is 2.07 bits per heavy atom. The summed E-state index contributed by atoms with van der Waals surface area (Å²) in [6, 6.07) is 0.459. The molecule has 14 heavy (non-hydrogen) atoms. The third-order valence-corrected chi connectivity index (χ3v) is 4.45. The fourth-order valence-electron chi connectivity index (χ4n) is 2.74. The average Bonchev–Trinajstić information content (AvgIpc) is 2.27. The van der Waals surface area contributed by atoms with Gasteiger partial charge in [-0.25, -0.2) is 0 Å². The zero-order chi connectivity index (χ0) is 10.8. The molecule has 1 rings (SSSR count). The van der Waals surface area contributed by atoms with Crippen LogP contribution in [0.1, 0.15) is 59.8 Å². The summed E-state index contributed by atoms with van der Waals surface area (Å²) in [4.78, 5) is 0. The van der Waals surface area contributed by atoms with E-state index in [0.717, 1.165) is 11.8 Å².